The summed E-state index contributed by atoms with van der Waals surface area (Å²) in [5.41, 5.74) is 3.38. The summed E-state index contributed by atoms with van der Waals surface area (Å²) in [6, 6.07) is 15.0. The maximum atomic E-state index is 13.3. The van der Waals surface area contributed by atoms with Crippen LogP contribution in [0.3, 0.4) is 0 Å². The fourth-order valence-electron chi connectivity index (χ4n) is 1.60. The molecular weight excluding hydrogens is 163 g/mol. The summed E-state index contributed by atoms with van der Waals surface area (Å²) < 4.78 is 13.3. The van der Waals surface area contributed by atoms with E-state index in [1.165, 1.54) is 0 Å². The van der Waals surface area contributed by atoms with Gasteiger partial charge in [0.1, 0.15) is 5.82 Å². The van der Waals surface area contributed by atoms with E-state index >= 15 is 0 Å². The second-order valence-corrected chi connectivity index (χ2v) is 3.09. The van der Waals surface area contributed by atoms with Crippen molar-refractivity contribution in [1.82, 2.24) is 0 Å². The van der Waals surface area contributed by atoms with Crippen LogP contribution in [0.15, 0.2) is 30.3 Å². The summed E-state index contributed by atoms with van der Waals surface area (Å²) in [6.07, 6.45) is 0. The van der Waals surface area contributed by atoms with Crippen LogP contribution in [0.1, 0.15) is 0 Å². The van der Waals surface area contributed by atoms with E-state index < -0.39 is 0 Å². The average Bonchev–Trinajstić information content (AvgIpc) is 2.40. The fourth-order valence-corrected chi connectivity index (χ4v) is 1.60. The fraction of sp³-hybridized carbons (Fsp3) is 0. The van der Waals surface area contributed by atoms with Crippen molar-refractivity contribution in [2.45, 2.75) is 0 Å². The third-order valence-electron chi connectivity index (χ3n) is 2.31. The van der Waals surface area contributed by atoms with Gasteiger partial charge in [0, 0.05) is 17.7 Å². The summed E-state index contributed by atoms with van der Waals surface area (Å²) in [6.45, 7) is 0. The van der Waals surface area contributed by atoms with Gasteiger partial charge in [0.05, 0.1) is 0 Å². The Bertz CT molecular complexity index is 469. The van der Waals surface area contributed by atoms with Crippen LogP contribution in [-0.4, -0.2) is 0 Å². The molecule has 1 heteroatoms. The van der Waals surface area contributed by atoms with Gasteiger partial charge in [0.15, 0.2) is 0 Å². The Kier molecular flexibility index (Phi) is 1.15. The predicted octanol–water partition coefficient (Wildman–Crippen LogP) is 3.07. The van der Waals surface area contributed by atoms with Crippen LogP contribution in [0, 0.1) is 17.9 Å². The molecule has 2 radical (unpaired) electrons. The summed E-state index contributed by atoms with van der Waals surface area (Å²) in [4.78, 5) is 0. The molecule has 4 rings (SSSR count). The molecule has 0 atom stereocenters. The van der Waals surface area contributed by atoms with E-state index in [0.717, 1.165) is 16.7 Å². The Morgan fingerprint density at radius 3 is 2.46 bits per heavy atom. The maximum absolute atomic E-state index is 13.3. The van der Waals surface area contributed by atoms with Crippen molar-refractivity contribution in [3.63, 3.8) is 0 Å². The minimum absolute atomic E-state index is 0.323. The smallest absolute Gasteiger partial charge is 0.139 e. The summed E-state index contributed by atoms with van der Waals surface area (Å²) in [7, 11) is 0. The lowest BCUT2D eigenvalue weighted by Gasteiger charge is -1.98. The maximum Gasteiger partial charge on any atom is 0.139 e. The highest BCUT2D eigenvalue weighted by Gasteiger charge is 2.12. The van der Waals surface area contributed by atoms with Gasteiger partial charge < -0.3 is 0 Å². The van der Waals surface area contributed by atoms with E-state index in [4.69, 9.17) is 0 Å². The van der Waals surface area contributed by atoms with Gasteiger partial charge in [-0.15, -0.1) is 0 Å². The Morgan fingerprint density at radius 2 is 1.69 bits per heavy atom. The Labute approximate surface area is 75.6 Å². The molecule has 13 heavy (non-hydrogen) atoms. The second kappa shape index (κ2) is 2.19. The number of hydrogen-bond acceptors (Lipinski definition) is 0. The summed E-state index contributed by atoms with van der Waals surface area (Å²) >= 11 is 0. The molecule has 0 amide bonds. The average molecular weight is 168 g/mol. The van der Waals surface area contributed by atoms with Crippen LogP contribution < -0.4 is 0 Å². The number of rotatable bonds is 0. The van der Waals surface area contributed by atoms with Crippen molar-refractivity contribution in [2.24, 2.45) is 0 Å². The van der Waals surface area contributed by atoms with Gasteiger partial charge in [0.25, 0.3) is 0 Å². The lowest BCUT2D eigenvalue weighted by Crippen LogP contribution is -1.81. The lowest BCUT2D eigenvalue weighted by molar-refractivity contribution is 0.629. The van der Waals surface area contributed by atoms with Gasteiger partial charge in [-0.25, -0.2) is 4.39 Å². The van der Waals surface area contributed by atoms with Gasteiger partial charge in [-0.2, -0.15) is 0 Å². The van der Waals surface area contributed by atoms with Crippen LogP contribution in [0.5, 0.6) is 0 Å². The van der Waals surface area contributed by atoms with E-state index in [1.54, 1.807) is 6.07 Å². The standard InChI is InChI=1S/C12H5F/c13-12-6-5-10-7-11(12)9-3-1-8(10)2-4-9/h1-5H. The monoisotopic (exact) mass is 168 g/mol. The first-order chi connectivity index (χ1) is 6.34. The molecule has 0 spiro atoms. The third-order valence-corrected chi connectivity index (χ3v) is 2.31. The minimum atomic E-state index is -0.323. The highest BCUT2D eigenvalue weighted by Crippen LogP contribution is 2.32. The van der Waals surface area contributed by atoms with Crippen molar-refractivity contribution in [3.05, 3.63) is 48.3 Å². The van der Waals surface area contributed by atoms with Gasteiger partial charge in [-0.3, -0.25) is 0 Å². The molecule has 2 aliphatic rings. The first kappa shape index (κ1) is 6.84. The first-order valence-electron chi connectivity index (χ1n) is 4.09. The molecule has 0 saturated carbocycles. The molecule has 0 saturated heterocycles. The van der Waals surface area contributed by atoms with E-state index in [-0.39, 0.29) is 5.82 Å². The zero-order valence-electron chi connectivity index (χ0n) is 6.76. The number of hydrogen-bond donors (Lipinski definition) is 0. The molecule has 2 aromatic rings. The summed E-state index contributed by atoms with van der Waals surface area (Å²) in [5.74, 6) is -0.323. The largest absolute Gasteiger partial charge is 0.206 e. The van der Waals surface area contributed by atoms with Crippen molar-refractivity contribution in [1.29, 1.82) is 0 Å². The van der Waals surface area contributed by atoms with Gasteiger partial charge in [-0.1, -0.05) is 24.3 Å². The van der Waals surface area contributed by atoms with Gasteiger partial charge in [-0.05, 0) is 22.8 Å². The van der Waals surface area contributed by atoms with Crippen LogP contribution in [0.2, 0.25) is 0 Å². The van der Waals surface area contributed by atoms with Gasteiger partial charge >= 0.3 is 0 Å². The first-order valence-corrected chi connectivity index (χ1v) is 4.09. The van der Waals surface area contributed by atoms with Crippen molar-refractivity contribution < 1.29 is 4.39 Å². The van der Waals surface area contributed by atoms with Crippen molar-refractivity contribution in [2.75, 3.05) is 0 Å². The molecule has 0 heterocycles. The normalized spacial score (nSPS) is 11.5. The van der Waals surface area contributed by atoms with Gasteiger partial charge in [0.2, 0.25) is 0 Å². The van der Waals surface area contributed by atoms with Crippen LogP contribution in [0.4, 0.5) is 4.39 Å². The lowest BCUT2D eigenvalue weighted by atomic mass is 10.1. The van der Waals surface area contributed by atoms with Crippen LogP contribution >= 0.6 is 0 Å². The summed E-state index contributed by atoms with van der Waals surface area (Å²) in [5, 5.41) is 0. The predicted molar refractivity (Wildman–Crippen MR) is 48.5 cm³/mol. The van der Waals surface area contributed by atoms with Crippen LogP contribution in [0.25, 0.3) is 22.3 Å². The number of fused-ring (bicyclic) bond motifs is 2. The SMILES string of the molecule is Fc1[c]cc2[c]c1-c1ccc-2cc1. The quantitative estimate of drug-likeness (QED) is 0.484. The van der Waals surface area contributed by atoms with E-state index in [1.807, 2.05) is 24.3 Å². The Morgan fingerprint density at radius 1 is 1.00 bits per heavy atom. The molecule has 0 unspecified atom stereocenters. The molecule has 0 nitrogen and oxygen atoms in total. The minimum Gasteiger partial charge on any atom is -0.206 e. The van der Waals surface area contributed by atoms with Crippen molar-refractivity contribution in [3.8, 4) is 22.3 Å². The third kappa shape index (κ3) is 0.842. The number of benzene rings is 2. The molecule has 60 valence electrons. The number of halogens is 1. The molecular formula is C12H5F. The van der Waals surface area contributed by atoms with E-state index in [0.29, 0.717) is 5.56 Å². The topological polar surface area (TPSA) is 0 Å². The molecule has 4 bridgehead atoms. The molecule has 2 aliphatic carbocycles. The van der Waals surface area contributed by atoms with Crippen LogP contribution in [-0.2, 0) is 0 Å². The Hall–Kier alpha value is -1.63. The zero-order chi connectivity index (χ0) is 8.84. The zero-order valence-corrected chi connectivity index (χ0v) is 6.76. The second-order valence-electron chi connectivity index (χ2n) is 3.09. The molecule has 0 fully saturated rings. The molecule has 2 aromatic carbocycles. The molecule has 0 aliphatic heterocycles. The Balaban J connectivity index is 2.51. The molecule has 0 N–H and O–H groups in total. The highest BCUT2D eigenvalue weighted by atomic mass is 19.1. The molecule has 0 aromatic heterocycles. The van der Waals surface area contributed by atoms with E-state index in [2.05, 4.69) is 12.1 Å². The highest BCUT2D eigenvalue weighted by molar-refractivity contribution is 5.77. The van der Waals surface area contributed by atoms with E-state index in [9.17, 15) is 4.39 Å². The van der Waals surface area contributed by atoms with Crippen molar-refractivity contribution >= 4 is 0 Å².